The predicted octanol–water partition coefficient (Wildman–Crippen LogP) is 2.43. The van der Waals surface area contributed by atoms with E-state index in [9.17, 15) is 14.4 Å². The molecule has 0 aliphatic rings. The molecule has 1 aromatic carbocycles. The Morgan fingerprint density at radius 3 is 2.61 bits per heavy atom. The number of halogens is 1. The zero-order valence-electron chi connectivity index (χ0n) is 15.4. The molecule has 0 saturated heterocycles. The fourth-order valence-electron chi connectivity index (χ4n) is 2.15. The van der Waals surface area contributed by atoms with Crippen LogP contribution in [0.2, 0.25) is 5.02 Å². The van der Waals surface area contributed by atoms with Crippen molar-refractivity contribution < 1.29 is 23.9 Å². The van der Waals surface area contributed by atoms with Crippen molar-refractivity contribution in [3.8, 4) is 5.75 Å². The van der Waals surface area contributed by atoms with Crippen LogP contribution in [0.25, 0.3) is 0 Å². The van der Waals surface area contributed by atoms with Crippen LogP contribution < -0.4 is 15.4 Å². The molecule has 8 nitrogen and oxygen atoms in total. The largest absolute Gasteiger partial charge is 0.493 e. The van der Waals surface area contributed by atoms with Crippen molar-refractivity contribution in [2.75, 3.05) is 18.5 Å². The molecule has 0 bridgehead atoms. The van der Waals surface area contributed by atoms with E-state index >= 15 is 0 Å². The van der Waals surface area contributed by atoms with Crippen molar-refractivity contribution in [2.45, 2.75) is 20.0 Å². The van der Waals surface area contributed by atoms with Gasteiger partial charge in [0, 0.05) is 6.20 Å². The van der Waals surface area contributed by atoms with E-state index in [1.165, 1.54) is 19.2 Å². The summed E-state index contributed by atoms with van der Waals surface area (Å²) in [5.41, 5.74) is 0.303. The van der Waals surface area contributed by atoms with E-state index in [2.05, 4.69) is 15.6 Å². The first kappa shape index (κ1) is 21.2. The van der Waals surface area contributed by atoms with Gasteiger partial charge in [-0.2, -0.15) is 0 Å². The van der Waals surface area contributed by atoms with Gasteiger partial charge in [0.1, 0.15) is 18.1 Å². The molecular weight excluding hydrogens is 386 g/mol. The lowest BCUT2D eigenvalue weighted by Gasteiger charge is -2.14. The number of aromatic nitrogens is 1. The van der Waals surface area contributed by atoms with Crippen molar-refractivity contribution in [2.24, 2.45) is 0 Å². The Morgan fingerprint density at radius 1 is 1.18 bits per heavy atom. The third-order valence-corrected chi connectivity index (χ3v) is 3.70. The molecule has 0 unspecified atom stereocenters. The summed E-state index contributed by atoms with van der Waals surface area (Å²) in [7, 11) is 0. The Morgan fingerprint density at radius 2 is 1.93 bits per heavy atom. The van der Waals surface area contributed by atoms with Gasteiger partial charge in [-0.1, -0.05) is 23.7 Å². The Balaban J connectivity index is 1.83. The second-order valence-electron chi connectivity index (χ2n) is 5.59. The summed E-state index contributed by atoms with van der Waals surface area (Å²) >= 11 is 5.72. The lowest BCUT2D eigenvalue weighted by Crippen LogP contribution is -2.36. The number of carbonyl (C=O) groups is 3. The summed E-state index contributed by atoms with van der Waals surface area (Å²) in [6.45, 7) is 3.23. The number of amides is 2. The normalized spacial score (nSPS) is 11.2. The van der Waals surface area contributed by atoms with Gasteiger partial charge in [0.2, 0.25) is 0 Å². The number of nitrogens with zero attached hydrogens (tertiary/aromatic N) is 1. The van der Waals surface area contributed by atoms with Gasteiger partial charge in [-0.05, 0) is 38.1 Å². The molecule has 9 heteroatoms. The zero-order chi connectivity index (χ0) is 20.5. The molecule has 0 aliphatic heterocycles. The highest BCUT2D eigenvalue weighted by Gasteiger charge is 2.19. The van der Waals surface area contributed by atoms with Crippen molar-refractivity contribution in [3.05, 3.63) is 53.2 Å². The first-order valence-electron chi connectivity index (χ1n) is 8.52. The molecule has 1 atom stereocenters. The minimum absolute atomic E-state index is 0.276. The van der Waals surface area contributed by atoms with Gasteiger partial charge in [-0.3, -0.25) is 14.4 Å². The van der Waals surface area contributed by atoms with Gasteiger partial charge in [0.05, 0.1) is 17.2 Å². The lowest BCUT2D eigenvalue weighted by molar-refractivity contribution is -0.152. The van der Waals surface area contributed by atoms with Crippen molar-refractivity contribution in [1.82, 2.24) is 10.3 Å². The Hall–Kier alpha value is -3.13. The van der Waals surface area contributed by atoms with Crippen molar-refractivity contribution in [3.63, 3.8) is 0 Å². The standard InChI is InChI=1S/C19H20ClN3O5/c1-3-27-15-7-5-4-6-14(15)19(26)22-11-17(24)28-12(2)18(25)23-16-9-8-13(20)10-21-16/h4-10,12H,3,11H2,1-2H3,(H,22,26)(H,21,23,25)/t12-/m0/s1. The smallest absolute Gasteiger partial charge is 0.326 e. The van der Waals surface area contributed by atoms with Gasteiger partial charge in [0.25, 0.3) is 11.8 Å². The summed E-state index contributed by atoms with van der Waals surface area (Å²) < 4.78 is 10.4. The Bertz CT molecular complexity index is 842. The van der Waals surface area contributed by atoms with E-state index in [-0.39, 0.29) is 5.82 Å². The molecule has 1 aromatic heterocycles. The molecule has 2 rings (SSSR count). The monoisotopic (exact) mass is 405 g/mol. The fourth-order valence-corrected chi connectivity index (χ4v) is 2.27. The van der Waals surface area contributed by atoms with E-state index in [1.807, 2.05) is 0 Å². The number of pyridine rings is 1. The molecule has 28 heavy (non-hydrogen) atoms. The number of hydrogen-bond donors (Lipinski definition) is 2. The lowest BCUT2D eigenvalue weighted by atomic mass is 10.2. The number of hydrogen-bond acceptors (Lipinski definition) is 6. The third kappa shape index (κ3) is 6.24. The van der Waals surface area contributed by atoms with Crippen LogP contribution in [0.1, 0.15) is 24.2 Å². The van der Waals surface area contributed by atoms with E-state index in [0.29, 0.717) is 22.9 Å². The summed E-state index contributed by atoms with van der Waals surface area (Å²) in [6.07, 6.45) is 0.307. The molecule has 148 valence electrons. The first-order valence-corrected chi connectivity index (χ1v) is 8.90. The van der Waals surface area contributed by atoms with Crippen molar-refractivity contribution in [1.29, 1.82) is 0 Å². The van der Waals surface area contributed by atoms with Crippen LogP contribution in [0.5, 0.6) is 5.75 Å². The number of para-hydroxylation sites is 1. The Labute approximate surface area is 167 Å². The molecule has 1 heterocycles. The predicted molar refractivity (Wildman–Crippen MR) is 103 cm³/mol. The maximum absolute atomic E-state index is 12.2. The maximum atomic E-state index is 12.2. The molecular formula is C19H20ClN3O5. The average Bonchev–Trinajstić information content (AvgIpc) is 2.68. The van der Waals surface area contributed by atoms with Crippen LogP contribution >= 0.6 is 11.6 Å². The molecule has 2 amide bonds. The highest BCUT2D eigenvalue weighted by molar-refractivity contribution is 6.30. The zero-order valence-corrected chi connectivity index (χ0v) is 16.2. The second-order valence-corrected chi connectivity index (χ2v) is 6.03. The number of benzene rings is 1. The maximum Gasteiger partial charge on any atom is 0.326 e. The van der Waals surface area contributed by atoms with E-state index in [4.69, 9.17) is 21.1 Å². The van der Waals surface area contributed by atoms with Gasteiger partial charge < -0.3 is 20.1 Å². The number of ether oxygens (including phenoxy) is 2. The van der Waals surface area contributed by atoms with Crippen LogP contribution in [0.15, 0.2) is 42.6 Å². The van der Waals surface area contributed by atoms with Crippen LogP contribution in [-0.4, -0.2) is 42.0 Å². The highest BCUT2D eigenvalue weighted by atomic mass is 35.5. The van der Waals surface area contributed by atoms with Crippen LogP contribution in [0.3, 0.4) is 0 Å². The number of anilines is 1. The average molecular weight is 406 g/mol. The van der Waals surface area contributed by atoms with E-state index < -0.39 is 30.4 Å². The van der Waals surface area contributed by atoms with Crippen LogP contribution in [0.4, 0.5) is 5.82 Å². The topological polar surface area (TPSA) is 107 Å². The number of esters is 1. The third-order valence-electron chi connectivity index (χ3n) is 3.48. The molecule has 2 N–H and O–H groups in total. The molecule has 0 fully saturated rings. The van der Waals surface area contributed by atoms with Crippen LogP contribution in [0, 0.1) is 0 Å². The van der Waals surface area contributed by atoms with E-state index in [1.54, 1.807) is 37.3 Å². The van der Waals surface area contributed by atoms with E-state index in [0.717, 1.165) is 0 Å². The number of rotatable bonds is 8. The Kier molecular flexibility index (Phi) is 7.76. The van der Waals surface area contributed by atoms with Gasteiger partial charge in [-0.25, -0.2) is 4.98 Å². The SMILES string of the molecule is CCOc1ccccc1C(=O)NCC(=O)O[C@@H](C)C(=O)Nc1ccc(Cl)cn1. The molecule has 0 saturated carbocycles. The minimum Gasteiger partial charge on any atom is -0.493 e. The van der Waals surface area contributed by atoms with Gasteiger partial charge in [-0.15, -0.1) is 0 Å². The molecule has 0 aliphatic carbocycles. The highest BCUT2D eigenvalue weighted by Crippen LogP contribution is 2.17. The van der Waals surface area contributed by atoms with Gasteiger partial charge >= 0.3 is 5.97 Å². The molecule has 0 radical (unpaired) electrons. The van der Waals surface area contributed by atoms with Crippen molar-refractivity contribution >= 4 is 35.2 Å². The number of carbonyl (C=O) groups excluding carboxylic acids is 3. The summed E-state index contributed by atoms with van der Waals surface area (Å²) in [6, 6.07) is 9.76. The molecule has 2 aromatic rings. The summed E-state index contributed by atoms with van der Waals surface area (Å²) in [4.78, 5) is 40.1. The second kappa shape index (κ2) is 10.3. The summed E-state index contributed by atoms with van der Waals surface area (Å²) in [5, 5.41) is 5.37. The summed E-state index contributed by atoms with van der Waals surface area (Å²) in [5.74, 6) is -1.11. The van der Waals surface area contributed by atoms with Crippen LogP contribution in [-0.2, 0) is 14.3 Å². The van der Waals surface area contributed by atoms with Gasteiger partial charge in [0.15, 0.2) is 6.10 Å². The minimum atomic E-state index is -1.07. The quantitative estimate of drug-likeness (QED) is 0.653. The first-order chi connectivity index (χ1) is 13.4. The molecule has 0 spiro atoms. The fraction of sp³-hybridized carbons (Fsp3) is 0.263. The number of nitrogens with one attached hydrogen (secondary N) is 2.